The smallest absolute Gasteiger partial charge is 0.410 e. The fraction of sp³-hybridized carbons (Fsp3) is 0.977. The summed E-state index contributed by atoms with van der Waals surface area (Å²) in [6.45, 7) is 18.9. The van der Waals surface area contributed by atoms with Gasteiger partial charge in [-0.05, 0) is 27.2 Å². The normalized spacial score (nSPS) is 11.8. The third-order valence-electron chi connectivity index (χ3n) is 8.77. The van der Waals surface area contributed by atoms with Crippen LogP contribution in [-0.4, -0.2) is 162 Å². The Kier molecular flexibility index (Phi) is 45.0. The Labute approximate surface area is 349 Å². The van der Waals surface area contributed by atoms with E-state index in [1.165, 1.54) is 101 Å². The molecule has 0 atom stereocenters. The Balaban J connectivity index is 3.12. The molecule has 0 unspecified atom stereocenters. The van der Waals surface area contributed by atoms with Gasteiger partial charge in [0, 0.05) is 20.2 Å². The van der Waals surface area contributed by atoms with Crippen LogP contribution in [0.25, 0.3) is 0 Å². The van der Waals surface area contributed by atoms with Gasteiger partial charge in [0.15, 0.2) is 0 Å². The summed E-state index contributed by atoms with van der Waals surface area (Å²) < 4.78 is 60.7. The van der Waals surface area contributed by atoms with Gasteiger partial charge in [0.25, 0.3) is 0 Å². The van der Waals surface area contributed by atoms with Crippen molar-refractivity contribution in [1.29, 1.82) is 0 Å². The first kappa shape index (κ1) is 55.9. The van der Waals surface area contributed by atoms with Gasteiger partial charge in [0.1, 0.15) is 5.60 Å². The van der Waals surface area contributed by atoms with Crippen LogP contribution in [0.5, 0.6) is 0 Å². The van der Waals surface area contributed by atoms with Crippen molar-refractivity contribution in [3.8, 4) is 0 Å². The minimum atomic E-state index is -0.508. The summed E-state index contributed by atoms with van der Waals surface area (Å²) in [5.74, 6) is 0. The lowest BCUT2D eigenvalue weighted by molar-refractivity contribution is -0.0267. The van der Waals surface area contributed by atoms with Crippen molar-refractivity contribution in [3.05, 3.63) is 0 Å². The number of likely N-dealkylation sites (N-methyl/N-ethyl adjacent to an activating group) is 1. The standard InChI is InChI=1S/C44H89NO12/c1-6-7-8-9-10-11-12-13-14-15-16-17-18-19-20-21-23-47-25-27-49-29-31-51-33-35-53-37-39-55-41-42-56-40-38-54-36-34-52-32-30-50-28-26-48-24-22-45(5)43(46)57-44(2,3)4/h6-42H2,1-5H3. The molecule has 1 amide bonds. The molecule has 0 radical (unpaired) electrons. The molecule has 0 rings (SSSR count). The third kappa shape index (κ3) is 49.1. The zero-order valence-corrected chi connectivity index (χ0v) is 37.5. The fourth-order valence-electron chi connectivity index (χ4n) is 5.47. The molecule has 0 bridgehead atoms. The van der Waals surface area contributed by atoms with Crippen LogP contribution in [0.2, 0.25) is 0 Å². The molecule has 0 aliphatic heterocycles. The monoisotopic (exact) mass is 824 g/mol. The van der Waals surface area contributed by atoms with Crippen molar-refractivity contribution in [2.24, 2.45) is 0 Å². The van der Waals surface area contributed by atoms with Crippen LogP contribution < -0.4 is 0 Å². The number of carbonyl (C=O) groups is 1. The minimum Gasteiger partial charge on any atom is -0.444 e. The molecule has 13 nitrogen and oxygen atoms in total. The summed E-state index contributed by atoms with van der Waals surface area (Å²) in [6.07, 6.45) is 21.8. The quantitative estimate of drug-likeness (QED) is 0.0549. The second-order valence-electron chi connectivity index (χ2n) is 15.3. The molecule has 0 aromatic carbocycles. The van der Waals surface area contributed by atoms with Gasteiger partial charge < -0.3 is 57.0 Å². The first-order valence-electron chi connectivity index (χ1n) is 22.6. The molecule has 57 heavy (non-hydrogen) atoms. The van der Waals surface area contributed by atoms with Crippen molar-refractivity contribution in [2.75, 3.05) is 146 Å². The zero-order chi connectivity index (χ0) is 41.6. The average Bonchev–Trinajstić information content (AvgIpc) is 3.18. The second kappa shape index (κ2) is 45.9. The van der Waals surface area contributed by atoms with E-state index >= 15 is 0 Å². The Morgan fingerprint density at radius 3 is 0.842 bits per heavy atom. The maximum absolute atomic E-state index is 11.9. The summed E-state index contributed by atoms with van der Waals surface area (Å²) in [5.41, 5.74) is -0.508. The maximum atomic E-state index is 11.9. The van der Waals surface area contributed by atoms with Gasteiger partial charge in [-0.15, -0.1) is 0 Å². The van der Waals surface area contributed by atoms with Crippen LogP contribution >= 0.6 is 0 Å². The van der Waals surface area contributed by atoms with Crippen LogP contribution in [0.3, 0.4) is 0 Å². The molecule has 0 aromatic heterocycles. The van der Waals surface area contributed by atoms with E-state index < -0.39 is 5.60 Å². The highest BCUT2D eigenvalue weighted by Crippen LogP contribution is 2.14. The second-order valence-corrected chi connectivity index (χ2v) is 15.3. The number of hydrogen-bond donors (Lipinski definition) is 0. The first-order chi connectivity index (χ1) is 27.9. The molecule has 0 saturated carbocycles. The Hall–Kier alpha value is -1.13. The van der Waals surface area contributed by atoms with Crippen LogP contribution in [0.4, 0.5) is 4.79 Å². The number of amides is 1. The molecule has 0 spiro atoms. The van der Waals surface area contributed by atoms with Crippen molar-refractivity contribution >= 4 is 6.09 Å². The fourth-order valence-corrected chi connectivity index (χ4v) is 5.47. The number of nitrogens with zero attached hydrogens (tertiary/aromatic N) is 1. The Morgan fingerprint density at radius 1 is 0.351 bits per heavy atom. The Morgan fingerprint density at radius 2 is 0.579 bits per heavy atom. The largest absolute Gasteiger partial charge is 0.444 e. The lowest BCUT2D eigenvalue weighted by Crippen LogP contribution is -2.36. The van der Waals surface area contributed by atoms with E-state index in [9.17, 15) is 4.79 Å². The van der Waals surface area contributed by atoms with Gasteiger partial charge in [-0.3, -0.25) is 0 Å². The van der Waals surface area contributed by atoms with Gasteiger partial charge in [-0.1, -0.05) is 103 Å². The summed E-state index contributed by atoms with van der Waals surface area (Å²) in [6, 6.07) is 0. The van der Waals surface area contributed by atoms with Gasteiger partial charge in [-0.2, -0.15) is 0 Å². The average molecular weight is 824 g/mol. The zero-order valence-electron chi connectivity index (χ0n) is 37.5. The van der Waals surface area contributed by atoms with E-state index in [0.717, 1.165) is 13.0 Å². The third-order valence-corrected chi connectivity index (χ3v) is 8.77. The summed E-state index contributed by atoms with van der Waals surface area (Å²) in [7, 11) is 1.69. The van der Waals surface area contributed by atoms with E-state index in [1.807, 2.05) is 20.8 Å². The highest BCUT2D eigenvalue weighted by molar-refractivity contribution is 5.67. The van der Waals surface area contributed by atoms with Crippen molar-refractivity contribution < 1.29 is 56.9 Å². The summed E-state index contributed by atoms with van der Waals surface area (Å²) in [4.78, 5) is 13.4. The van der Waals surface area contributed by atoms with E-state index in [0.29, 0.717) is 132 Å². The number of hydrogen-bond acceptors (Lipinski definition) is 12. The van der Waals surface area contributed by atoms with Crippen LogP contribution in [-0.2, 0) is 52.1 Å². The molecule has 0 fully saturated rings. The van der Waals surface area contributed by atoms with Crippen molar-refractivity contribution in [2.45, 2.75) is 136 Å². The molecule has 0 heterocycles. The Bertz CT molecular complexity index is 789. The molecule has 342 valence electrons. The van der Waals surface area contributed by atoms with Gasteiger partial charge in [0.05, 0.1) is 126 Å². The van der Waals surface area contributed by atoms with Crippen LogP contribution in [0, 0.1) is 0 Å². The summed E-state index contributed by atoms with van der Waals surface area (Å²) in [5, 5.41) is 0. The molecular formula is C44H89NO12. The van der Waals surface area contributed by atoms with Gasteiger partial charge in [0.2, 0.25) is 0 Å². The van der Waals surface area contributed by atoms with Crippen LogP contribution in [0.15, 0.2) is 0 Å². The SMILES string of the molecule is CCCCCCCCCCCCCCCCCCOCCOCCOCCOCCOCCOCCOCCOCCOCCOCCN(C)C(=O)OC(C)(C)C. The molecule has 0 aliphatic carbocycles. The number of ether oxygens (including phenoxy) is 11. The minimum absolute atomic E-state index is 0.360. The van der Waals surface area contributed by atoms with E-state index in [4.69, 9.17) is 52.1 Å². The molecule has 13 heteroatoms. The van der Waals surface area contributed by atoms with Gasteiger partial charge >= 0.3 is 6.09 Å². The molecule has 0 aliphatic rings. The number of carbonyl (C=O) groups excluding carboxylic acids is 1. The van der Waals surface area contributed by atoms with Crippen molar-refractivity contribution in [3.63, 3.8) is 0 Å². The molecular weight excluding hydrogens is 734 g/mol. The van der Waals surface area contributed by atoms with E-state index in [2.05, 4.69) is 6.92 Å². The topological polar surface area (TPSA) is 122 Å². The first-order valence-corrected chi connectivity index (χ1v) is 22.6. The lowest BCUT2D eigenvalue weighted by atomic mass is 10.0. The molecule has 0 aromatic rings. The van der Waals surface area contributed by atoms with E-state index in [1.54, 1.807) is 7.05 Å². The molecule has 0 saturated heterocycles. The highest BCUT2D eigenvalue weighted by atomic mass is 16.6. The number of rotatable bonds is 47. The van der Waals surface area contributed by atoms with Crippen LogP contribution in [0.1, 0.15) is 130 Å². The van der Waals surface area contributed by atoms with Crippen molar-refractivity contribution in [1.82, 2.24) is 4.90 Å². The predicted molar refractivity (Wildman–Crippen MR) is 227 cm³/mol. The highest BCUT2D eigenvalue weighted by Gasteiger charge is 2.19. The lowest BCUT2D eigenvalue weighted by Gasteiger charge is -2.24. The predicted octanol–water partition coefficient (Wildman–Crippen LogP) is 8.28. The van der Waals surface area contributed by atoms with E-state index in [-0.39, 0.29) is 6.09 Å². The number of unbranched alkanes of at least 4 members (excludes halogenated alkanes) is 15. The van der Waals surface area contributed by atoms with Gasteiger partial charge in [-0.25, -0.2) is 4.79 Å². The molecule has 0 N–H and O–H groups in total. The maximum Gasteiger partial charge on any atom is 0.410 e. The summed E-state index contributed by atoms with van der Waals surface area (Å²) >= 11 is 0.